The quantitative estimate of drug-likeness (QED) is 0.891. The number of carbonyl (C=O) groups is 1. The number of ether oxygens (including phenoxy) is 2. The number of rotatable bonds is 5. The van der Waals surface area contributed by atoms with Crippen LogP contribution < -0.4 is 9.47 Å². The Morgan fingerprint density at radius 2 is 1.92 bits per heavy atom. The molecule has 0 bridgehead atoms. The fraction of sp³-hybridized carbons (Fsp3) is 0.263. The third-order valence-corrected chi connectivity index (χ3v) is 4.99. The molecule has 0 saturated carbocycles. The molecule has 0 aliphatic carbocycles. The molecule has 130 valence electrons. The topological polar surface area (TPSA) is 68.1 Å². The molecule has 1 N–H and O–H groups in total. The van der Waals surface area contributed by atoms with Crippen molar-refractivity contribution in [1.82, 2.24) is 0 Å². The van der Waals surface area contributed by atoms with E-state index in [9.17, 15) is 9.90 Å². The molecule has 2 aromatic rings. The second-order valence-electron chi connectivity index (χ2n) is 5.64. The monoisotopic (exact) mass is 357 g/mol. The lowest BCUT2D eigenvalue weighted by Crippen LogP contribution is -2.27. The zero-order valence-electron chi connectivity index (χ0n) is 14.1. The van der Waals surface area contributed by atoms with Crippen molar-refractivity contribution in [3.8, 4) is 17.2 Å². The number of methoxy groups -OCH3 is 2. The highest BCUT2D eigenvalue weighted by atomic mass is 32.2. The minimum absolute atomic E-state index is 0.0595. The Bertz CT molecular complexity index is 802. The molecule has 0 spiro atoms. The summed E-state index contributed by atoms with van der Waals surface area (Å²) < 4.78 is 10.7. The molecule has 0 saturated heterocycles. The Labute approximate surface area is 150 Å². The van der Waals surface area contributed by atoms with Crippen LogP contribution in [0.2, 0.25) is 0 Å². The second kappa shape index (κ2) is 7.61. The number of carbonyl (C=O) groups excluding carboxylic acids is 1. The average molecular weight is 357 g/mol. The van der Waals surface area contributed by atoms with Crippen molar-refractivity contribution >= 4 is 22.6 Å². The van der Waals surface area contributed by atoms with Gasteiger partial charge in [0.25, 0.3) is 0 Å². The highest BCUT2D eigenvalue weighted by Crippen LogP contribution is 2.29. The molecule has 5 nitrogen and oxygen atoms in total. The lowest BCUT2D eigenvalue weighted by Gasteiger charge is -2.20. The van der Waals surface area contributed by atoms with Gasteiger partial charge in [-0.25, -0.2) is 0 Å². The molecule has 6 heteroatoms. The summed E-state index contributed by atoms with van der Waals surface area (Å²) in [4.78, 5) is 16.9. The predicted molar refractivity (Wildman–Crippen MR) is 99.1 cm³/mol. The Morgan fingerprint density at radius 1 is 1.16 bits per heavy atom. The molecule has 1 aliphatic rings. The van der Waals surface area contributed by atoms with E-state index < -0.39 is 6.04 Å². The lowest BCUT2D eigenvalue weighted by atomic mass is 10.1. The molecular formula is C19H19NO4S. The van der Waals surface area contributed by atoms with Gasteiger partial charge in [-0.3, -0.25) is 9.79 Å². The first-order chi connectivity index (χ1) is 12.1. The fourth-order valence-corrected chi connectivity index (χ4v) is 3.52. The summed E-state index contributed by atoms with van der Waals surface area (Å²) in [6.45, 7) is 0. The molecule has 1 unspecified atom stereocenters. The molecule has 0 fully saturated rings. The Hall–Kier alpha value is -2.47. The van der Waals surface area contributed by atoms with Crippen molar-refractivity contribution < 1.29 is 19.4 Å². The van der Waals surface area contributed by atoms with Crippen LogP contribution in [0, 0.1) is 0 Å². The zero-order chi connectivity index (χ0) is 17.8. The largest absolute Gasteiger partial charge is 0.508 e. The van der Waals surface area contributed by atoms with Crippen LogP contribution in [0.4, 0.5) is 0 Å². The van der Waals surface area contributed by atoms with Crippen molar-refractivity contribution in [1.29, 1.82) is 0 Å². The Balaban J connectivity index is 1.89. The first-order valence-electron chi connectivity index (χ1n) is 7.84. The molecule has 0 radical (unpaired) electrons. The van der Waals surface area contributed by atoms with Gasteiger partial charge >= 0.3 is 0 Å². The van der Waals surface area contributed by atoms with Crippen LogP contribution in [-0.2, 0) is 11.2 Å². The van der Waals surface area contributed by atoms with Gasteiger partial charge in [0.15, 0.2) is 0 Å². The van der Waals surface area contributed by atoms with Crippen LogP contribution in [0.25, 0.3) is 0 Å². The van der Waals surface area contributed by atoms with E-state index in [4.69, 9.17) is 9.47 Å². The summed E-state index contributed by atoms with van der Waals surface area (Å²) in [5.41, 5.74) is 2.68. The lowest BCUT2D eigenvalue weighted by molar-refractivity contribution is -0.112. The maximum Gasteiger partial charge on any atom is 0.214 e. The third kappa shape index (κ3) is 3.96. The van der Waals surface area contributed by atoms with Gasteiger partial charge in [-0.1, -0.05) is 23.9 Å². The number of phenols is 1. The number of thioether (sulfide) groups is 1. The average Bonchev–Trinajstić information content (AvgIpc) is 2.65. The standard InChI is InChI=1S/C19H19NO4S/c1-23-14-7-8-15(18(10-14)24-2)17-11-25-19(22)16(20-17)9-12-3-5-13(21)6-4-12/h3-8,10,16,21H,9,11H2,1-2H3. The summed E-state index contributed by atoms with van der Waals surface area (Å²) >= 11 is 1.27. The van der Waals surface area contributed by atoms with Crippen LogP contribution in [0.1, 0.15) is 11.1 Å². The first kappa shape index (κ1) is 17.4. The van der Waals surface area contributed by atoms with E-state index in [1.807, 2.05) is 30.3 Å². The summed E-state index contributed by atoms with van der Waals surface area (Å²) in [5.74, 6) is 2.12. The summed E-state index contributed by atoms with van der Waals surface area (Å²) in [6.07, 6.45) is 0.508. The van der Waals surface area contributed by atoms with E-state index in [0.717, 1.165) is 16.8 Å². The highest BCUT2D eigenvalue weighted by Gasteiger charge is 2.26. The normalized spacial score (nSPS) is 17.1. The van der Waals surface area contributed by atoms with E-state index in [-0.39, 0.29) is 10.9 Å². The van der Waals surface area contributed by atoms with Crippen LogP contribution >= 0.6 is 11.8 Å². The summed E-state index contributed by atoms with van der Waals surface area (Å²) in [5, 5.41) is 9.44. The Morgan fingerprint density at radius 3 is 2.60 bits per heavy atom. The second-order valence-corrected chi connectivity index (χ2v) is 6.62. The number of phenolic OH excluding ortho intramolecular Hbond substituents is 1. The predicted octanol–water partition coefficient (Wildman–Crippen LogP) is 3.08. The smallest absolute Gasteiger partial charge is 0.214 e. The molecular weight excluding hydrogens is 338 g/mol. The maximum atomic E-state index is 12.3. The summed E-state index contributed by atoms with van der Waals surface area (Å²) in [7, 11) is 3.21. The van der Waals surface area contributed by atoms with Gasteiger partial charge in [0.2, 0.25) is 5.12 Å². The van der Waals surface area contributed by atoms with Gasteiger partial charge in [0.05, 0.1) is 19.9 Å². The van der Waals surface area contributed by atoms with E-state index in [1.54, 1.807) is 26.4 Å². The van der Waals surface area contributed by atoms with Crippen LogP contribution in [0.3, 0.4) is 0 Å². The highest BCUT2D eigenvalue weighted by molar-refractivity contribution is 8.14. The number of hydrogen-bond acceptors (Lipinski definition) is 6. The summed E-state index contributed by atoms with van der Waals surface area (Å²) in [6, 6.07) is 12.0. The van der Waals surface area contributed by atoms with Gasteiger partial charge < -0.3 is 14.6 Å². The van der Waals surface area contributed by atoms with Crippen LogP contribution in [0.15, 0.2) is 47.5 Å². The first-order valence-corrected chi connectivity index (χ1v) is 8.83. The number of aliphatic imine (C=N–C) groups is 1. The van der Waals surface area contributed by atoms with Crippen molar-refractivity contribution in [3.63, 3.8) is 0 Å². The van der Waals surface area contributed by atoms with E-state index in [2.05, 4.69) is 4.99 Å². The molecule has 2 aromatic carbocycles. The van der Waals surface area contributed by atoms with Gasteiger partial charge in [-0.15, -0.1) is 0 Å². The Kier molecular flexibility index (Phi) is 5.28. The van der Waals surface area contributed by atoms with E-state index in [0.29, 0.717) is 23.7 Å². The molecule has 1 heterocycles. The maximum absolute atomic E-state index is 12.3. The van der Waals surface area contributed by atoms with Crippen LogP contribution in [-0.4, -0.2) is 41.9 Å². The van der Waals surface area contributed by atoms with Crippen LogP contribution in [0.5, 0.6) is 17.2 Å². The zero-order valence-corrected chi connectivity index (χ0v) is 14.9. The number of hydrogen-bond donors (Lipinski definition) is 1. The fourth-order valence-electron chi connectivity index (χ4n) is 2.68. The van der Waals surface area contributed by atoms with Gasteiger partial charge in [-0.05, 0) is 29.8 Å². The number of nitrogens with zero attached hydrogens (tertiary/aromatic N) is 1. The van der Waals surface area contributed by atoms with Gasteiger partial charge in [-0.2, -0.15) is 0 Å². The van der Waals surface area contributed by atoms with Gasteiger partial charge in [0, 0.05) is 23.8 Å². The molecule has 0 amide bonds. The molecule has 1 atom stereocenters. The van der Waals surface area contributed by atoms with Gasteiger partial charge in [0.1, 0.15) is 23.3 Å². The minimum Gasteiger partial charge on any atom is -0.508 e. The molecule has 0 aromatic heterocycles. The van der Waals surface area contributed by atoms with Crippen molar-refractivity contribution in [2.24, 2.45) is 4.99 Å². The van der Waals surface area contributed by atoms with Crippen molar-refractivity contribution in [2.75, 3.05) is 20.0 Å². The SMILES string of the molecule is COc1ccc(C2=NC(Cc3ccc(O)cc3)C(=O)SC2)c(OC)c1. The minimum atomic E-state index is -0.440. The van der Waals surface area contributed by atoms with E-state index in [1.165, 1.54) is 11.8 Å². The third-order valence-electron chi connectivity index (χ3n) is 4.02. The number of benzene rings is 2. The van der Waals surface area contributed by atoms with E-state index >= 15 is 0 Å². The molecule has 3 rings (SSSR count). The van der Waals surface area contributed by atoms with Crippen molar-refractivity contribution in [2.45, 2.75) is 12.5 Å². The molecule has 25 heavy (non-hydrogen) atoms. The number of aromatic hydroxyl groups is 1. The van der Waals surface area contributed by atoms with Crippen molar-refractivity contribution in [3.05, 3.63) is 53.6 Å². The molecule has 1 aliphatic heterocycles.